The quantitative estimate of drug-likeness (QED) is 0.765. The molecule has 2 aromatic rings. The van der Waals surface area contributed by atoms with Gasteiger partial charge in [0.1, 0.15) is 5.82 Å². The summed E-state index contributed by atoms with van der Waals surface area (Å²) in [5, 5.41) is 0.825. The van der Waals surface area contributed by atoms with Crippen LogP contribution >= 0.6 is 0 Å². The van der Waals surface area contributed by atoms with Gasteiger partial charge in [0.15, 0.2) is 0 Å². The van der Waals surface area contributed by atoms with Crippen LogP contribution in [0.25, 0.3) is 10.9 Å². The molecular formula is C11H13N3O. The molecule has 4 heteroatoms. The van der Waals surface area contributed by atoms with E-state index < -0.39 is 0 Å². The van der Waals surface area contributed by atoms with Gasteiger partial charge in [-0.05, 0) is 26.0 Å². The molecule has 0 aliphatic carbocycles. The number of anilines is 1. The predicted molar refractivity (Wildman–Crippen MR) is 60.8 cm³/mol. The number of aromatic nitrogens is 2. The van der Waals surface area contributed by atoms with E-state index in [1.54, 1.807) is 6.07 Å². The lowest BCUT2D eigenvalue weighted by atomic mass is 10.2. The molecule has 2 rings (SSSR count). The third-order valence-corrected chi connectivity index (χ3v) is 2.38. The van der Waals surface area contributed by atoms with Crippen LogP contribution in [0.2, 0.25) is 0 Å². The molecule has 1 aromatic carbocycles. The summed E-state index contributed by atoms with van der Waals surface area (Å²) in [7, 11) is 0. The molecular weight excluding hydrogens is 190 g/mol. The summed E-state index contributed by atoms with van der Waals surface area (Å²) >= 11 is 0. The fourth-order valence-electron chi connectivity index (χ4n) is 1.68. The minimum absolute atomic E-state index is 0.0228. The molecule has 0 unspecified atom stereocenters. The number of nitrogens with zero attached hydrogens (tertiary/aromatic N) is 2. The molecule has 0 aliphatic rings. The van der Waals surface area contributed by atoms with Crippen molar-refractivity contribution in [2.75, 3.05) is 5.73 Å². The van der Waals surface area contributed by atoms with E-state index in [2.05, 4.69) is 4.98 Å². The number of fused-ring (bicyclic) bond motifs is 1. The smallest absolute Gasteiger partial charge is 0.349 e. The lowest BCUT2D eigenvalue weighted by molar-refractivity contribution is 0.577. The normalized spacial score (nSPS) is 11.1. The largest absolute Gasteiger partial charge is 0.384 e. The Balaban J connectivity index is 2.90. The van der Waals surface area contributed by atoms with Gasteiger partial charge in [-0.3, -0.25) is 4.57 Å². The summed E-state index contributed by atoms with van der Waals surface area (Å²) in [5.74, 6) is 0.487. The molecule has 0 atom stereocenters. The molecule has 78 valence electrons. The Morgan fingerprint density at radius 3 is 2.67 bits per heavy atom. The van der Waals surface area contributed by atoms with Gasteiger partial charge in [-0.25, -0.2) is 4.79 Å². The standard InChI is InChI=1S/C11H13N3O/c1-7(2)14-10(12)8-5-3-4-6-9(8)13-11(14)15/h3-7H,12H2,1-2H3. The second-order valence-corrected chi connectivity index (χ2v) is 3.76. The first kappa shape index (κ1) is 9.71. The van der Waals surface area contributed by atoms with Crippen molar-refractivity contribution < 1.29 is 0 Å². The molecule has 0 saturated heterocycles. The van der Waals surface area contributed by atoms with Crippen LogP contribution in [0.5, 0.6) is 0 Å². The summed E-state index contributed by atoms with van der Waals surface area (Å²) in [4.78, 5) is 15.7. The molecule has 0 fully saturated rings. The molecule has 2 N–H and O–H groups in total. The van der Waals surface area contributed by atoms with Crippen LogP contribution in [0.4, 0.5) is 5.82 Å². The van der Waals surface area contributed by atoms with Crippen LogP contribution < -0.4 is 11.4 Å². The summed E-state index contributed by atoms with van der Waals surface area (Å²) < 4.78 is 1.50. The van der Waals surface area contributed by atoms with Gasteiger partial charge in [0.2, 0.25) is 0 Å². The highest BCUT2D eigenvalue weighted by atomic mass is 16.1. The van der Waals surface area contributed by atoms with Gasteiger partial charge in [-0.1, -0.05) is 12.1 Å². The van der Waals surface area contributed by atoms with Crippen LogP contribution in [-0.4, -0.2) is 9.55 Å². The molecule has 1 aromatic heterocycles. The summed E-state index contributed by atoms with van der Waals surface area (Å²) in [6, 6.07) is 7.41. The highest BCUT2D eigenvalue weighted by molar-refractivity contribution is 5.87. The number of hydrogen-bond donors (Lipinski definition) is 1. The zero-order chi connectivity index (χ0) is 11.0. The van der Waals surface area contributed by atoms with Crippen LogP contribution in [0.15, 0.2) is 29.1 Å². The topological polar surface area (TPSA) is 60.9 Å². The Labute approximate surface area is 87.4 Å². The van der Waals surface area contributed by atoms with Gasteiger partial charge >= 0.3 is 5.69 Å². The molecule has 4 nitrogen and oxygen atoms in total. The molecule has 0 saturated carbocycles. The lowest BCUT2D eigenvalue weighted by Crippen LogP contribution is -2.27. The number of nitrogens with two attached hydrogens (primary N) is 1. The zero-order valence-electron chi connectivity index (χ0n) is 8.77. The highest BCUT2D eigenvalue weighted by Gasteiger charge is 2.09. The van der Waals surface area contributed by atoms with Gasteiger partial charge in [-0.2, -0.15) is 4.98 Å². The van der Waals surface area contributed by atoms with Crippen molar-refractivity contribution in [1.82, 2.24) is 9.55 Å². The Hall–Kier alpha value is -1.84. The summed E-state index contributed by atoms with van der Waals surface area (Å²) in [6.07, 6.45) is 0. The Morgan fingerprint density at radius 2 is 2.00 bits per heavy atom. The van der Waals surface area contributed by atoms with Crippen LogP contribution in [0, 0.1) is 0 Å². The van der Waals surface area contributed by atoms with E-state index in [0.29, 0.717) is 11.3 Å². The number of para-hydroxylation sites is 1. The number of nitrogen functional groups attached to an aromatic ring is 1. The van der Waals surface area contributed by atoms with Crippen molar-refractivity contribution in [3.63, 3.8) is 0 Å². The Morgan fingerprint density at radius 1 is 1.33 bits per heavy atom. The van der Waals surface area contributed by atoms with Crippen molar-refractivity contribution in [2.24, 2.45) is 0 Å². The first-order chi connectivity index (χ1) is 7.11. The second kappa shape index (κ2) is 3.38. The van der Waals surface area contributed by atoms with Gasteiger partial charge in [0.25, 0.3) is 0 Å². The van der Waals surface area contributed by atoms with Crippen LogP contribution in [0.3, 0.4) is 0 Å². The minimum Gasteiger partial charge on any atom is -0.384 e. The average Bonchev–Trinajstić information content (AvgIpc) is 2.17. The first-order valence-corrected chi connectivity index (χ1v) is 4.88. The van der Waals surface area contributed by atoms with E-state index in [1.165, 1.54) is 4.57 Å². The SMILES string of the molecule is CC(C)n1c(N)c2ccccc2nc1=O. The molecule has 0 radical (unpaired) electrons. The van der Waals surface area contributed by atoms with E-state index in [1.807, 2.05) is 32.0 Å². The van der Waals surface area contributed by atoms with E-state index in [0.717, 1.165) is 5.39 Å². The van der Waals surface area contributed by atoms with Gasteiger partial charge in [0, 0.05) is 11.4 Å². The fraction of sp³-hybridized carbons (Fsp3) is 0.273. The number of rotatable bonds is 1. The van der Waals surface area contributed by atoms with Gasteiger partial charge < -0.3 is 5.73 Å². The second-order valence-electron chi connectivity index (χ2n) is 3.76. The van der Waals surface area contributed by atoms with Crippen molar-refractivity contribution in [2.45, 2.75) is 19.9 Å². The zero-order valence-corrected chi connectivity index (χ0v) is 8.77. The van der Waals surface area contributed by atoms with Crippen LogP contribution in [0.1, 0.15) is 19.9 Å². The van der Waals surface area contributed by atoms with Crippen molar-refractivity contribution in [3.05, 3.63) is 34.7 Å². The molecule has 0 amide bonds. The minimum atomic E-state index is -0.291. The van der Waals surface area contributed by atoms with Crippen molar-refractivity contribution >= 4 is 16.7 Å². The maximum absolute atomic E-state index is 11.7. The van der Waals surface area contributed by atoms with E-state index in [4.69, 9.17) is 5.73 Å². The van der Waals surface area contributed by atoms with E-state index >= 15 is 0 Å². The van der Waals surface area contributed by atoms with Gasteiger partial charge in [-0.15, -0.1) is 0 Å². The molecule has 15 heavy (non-hydrogen) atoms. The molecule has 0 spiro atoms. The number of benzene rings is 1. The molecule has 1 heterocycles. The Kier molecular flexibility index (Phi) is 2.19. The number of hydrogen-bond acceptors (Lipinski definition) is 3. The monoisotopic (exact) mass is 203 g/mol. The van der Waals surface area contributed by atoms with E-state index in [-0.39, 0.29) is 11.7 Å². The first-order valence-electron chi connectivity index (χ1n) is 4.88. The van der Waals surface area contributed by atoms with Crippen LogP contribution in [-0.2, 0) is 0 Å². The van der Waals surface area contributed by atoms with E-state index in [9.17, 15) is 4.79 Å². The summed E-state index contributed by atoms with van der Waals surface area (Å²) in [6.45, 7) is 3.82. The maximum Gasteiger partial charge on any atom is 0.349 e. The Bertz CT molecular complexity index is 557. The maximum atomic E-state index is 11.7. The fourth-order valence-corrected chi connectivity index (χ4v) is 1.68. The van der Waals surface area contributed by atoms with Gasteiger partial charge in [0.05, 0.1) is 5.52 Å². The van der Waals surface area contributed by atoms with Crippen molar-refractivity contribution in [1.29, 1.82) is 0 Å². The van der Waals surface area contributed by atoms with Crippen molar-refractivity contribution in [3.8, 4) is 0 Å². The molecule has 0 aliphatic heterocycles. The highest BCUT2D eigenvalue weighted by Crippen LogP contribution is 2.18. The summed E-state index contributed by atoms with van der Waals surface area (Å²) in [5.41, 5.74) is 6.30. The average molecular weight is 203 g/mol. The third-order valence-electron chi connectivity index (χ3n) is 2.38. The lowest BCUT2D eigenvalue weighted by Gasteiger charge is -2.13. The predicted octanol–water partition coefficient (Wildman–Crippen LogP) is 1.56. The third kappa shape index (κ3) is 1.48. The molecule has 0 bridgehead atoms.